The number of aromatic nitrogens is 1. The number of pyridine rings is 1. The molecule has 192 valence electrons. The van der Waals surface area contributed by atoms with E-state index in [0.29, 0.717) is 17.2 Å². The maximum atomic E-state index is 14.9. The number of halogens is 4. The molecule has 0 aliphatic carbocycles. The molecule has 0 aliphatic heterocycles. The quantitative estimate of drug-likeness (QED) is 0.176. The van der Waals surface area contributed by atoms with E-state index in [-0.39, 0.29) is 40.1 Å². The molecule has 37 heavy (non-hydrogen) atoms. The number of ketones is 1. The number of carbonyl (C=O) groups is 1. The molecule has 0 unspecified atom stereocenters. The SMILES string of the molecule is COC(COc1ccc(C(=O)c2c(-c3ccc(C(F)(F)F)cc3F)cnc3cc(O)ccc23)cc1)OC. The predicted octanol–water partition coefficient (Wildman–Crippen LogP) is 5.99. The highest BCUT2D eigenvalue weighted by Gasteiger charge is 2.32. The molecule has 1 heterocycles. The lowest BCUT2D eigenvalue weighted by Crippen LogP contribution is -2.22. The van der Waals surface area contributed by atoms with Gasteiger partial charge in [0.2, 0.25) is 0 Å². The molecule has 1 N–H and O–H groups in total. The molecule has 0 aliphatic rings. The third-order valence-corrected chi connectivity index (χ3v) is 5.69. The fourth-order valence-corrected chi connectivity index (χ4v) is 3.78. The molecule has 4 rings (SSSR count). The molecular formula is C27H21F4NO5. The third-order valence-electron chi connectivity index (χ3n) is 5.69. The van der Waals surface area contributed by atoms with Crippen LogP contribution in [0.5, 0.6) is 11.5 Å². The largest absolute Gasteiger partial charge is 0.508 e. The van der Waals surface area contributed by atoms with Crippen LogP contribution in [-0.4, -0.2) is 43.0 Å². The Morgan fingerprint density at radius 2 is 1.68 bits per heavy atom. The van der Waals surface area contributed by atoms with Crippen LogP contribution < -0.4 is 4.74 Å². The summed E-state index contributed by atoms with van der Waals surface area (Å²) in [6, 6.07) is 12.3. The van der Waals surface area contributed by atoms with Crippen LogP contribution >= 0.6 is 0 Å². The van der Waals surface area contributed by atoms with Crippen molar-refractivity contribution in [2.75, 3.05) is 20.8 Å². The first-order valence-electron chi connectivity index (χ1n) is 10.9. The van der Waals surface area contributed by atoms with Crippen LogP contribution in [0.3, 0.4) is 0 Å². The zero-order chi connectivity index (χ0) is 26.7. The van der Waals surface area contributed by atoms with Gasteiger partial charge in [0.05, 0.1) is 11.1 Å². The van der Waals surface area contributed by atoms with E-state index in [2.05, 4.69) is 4.98 Å². The topological polar surface area (TPSA) is 77.9 Å². The second-order valence-corrected chi connectivity index (χ2v) is 8.01. The molecule has 0 amide bonds. The van der Waals surface area contributed by atoms with Gasteiger partial charge in [-0.1, -0.05) is 6.07 Å². The molecule has 6 nitrogen and oxygen atoms in total. The van der Waals surface area contributed by atoms with Crippen LogP contribution in [0.1, 0.15) is 21.5 Å². The first kappa shape index (κ1) is 26.1. The summed E-state index contributed by atoms with van der Waals surface area (Å²) in [4.78, 5) is 17.9. The molecule has 0 radical (unpaired) electrons. The first-order valence-corrected chi connectivity index (χ1v) is 10.9. The molecule has 4 aromatic rings. The fourth-order valence-electron chi connectivity index (χ4n) is 3.78. The average Bonchev–Trinajstić information content (AvgIpc) is 2.88. The minimum atomic E-state index is -4.73. The third kappa shape index (κ3) is 5.55. The Hall–Kier alpha value is -4.02. The molecule has 10 heteroatoms. The highest BCUT2D eigenvalue weighted by Crippen LogP contribution is 2.36. The van der Waals surface area contributed by atoms with Gasteiger partial charge in [-0.2, -0.15) is 13.2 Å². The minimum absolute atomic E-state index is 0.0118. The van der Waals surface area contributed by atoms with Crippen molar-refractivity contribution in [3.05, 3.63) is 89.4 Å². The highest BCUT2D eigenvalue weighted by molar-refractivity contribution is 6.19. The summed E-state index contributed by atoms with van der Waals surface area (Å²) >= 11 is 0. The van der Waals surface area contributed by atoms with Crippen LogP contribution in [0.15, 0.2) is 66.9 Å². The monoisotopic (exact) mass is 515 g/mol. The summed E-state index contributed by atoms with van der Waals surface area (Å²) in [6.45, 7) is 0.107. The molecule has 0 saturated carbocycles. The second kappa shape index (κ2) is 10.5. The molecular weight excluding hydrogens is 494 g/mol. The van der Waals surface area contributed by atoms with Crippen molar-refractivity contribution in [3.8, 4) is 22.6 Å². The molecule has 0 atom stereocenters. The molecule has 0 saturated heterocycles. The number of nitrogens with zero attached hydrogens (tertiary/aromatic N) is 1. The van der Waals surface area contributed by atoms with E-state index in [1.54, 1.807) is 12.1 Å². The number of carbonyl (C=O) groups excluding carboxylic acids is 1. The van der Waals surface area contributed by atoms with Gasteiger partial charge >= 0.3 is 6.18 Å². The van der Waals surface area contributed by atoms with Crippen molar-refractivity contribution in [2.24, 2.45) is 0 Å². The summed E-state index contributed by atoms with van der Waals surface area (Å²) in [5.41, 5.74) is -0.862. The molecule has 0 fully saturated rings. The van der Waals surface area contributed by atoms with E-state index >= 15 is 0 Å². The zero-order valence-electron chi connectivity index (χ0n) is 19.7. The van der Waals surface area contributed by atoms with Crippen molar-refractivity contribution in [1.29, 1.82) is 0 Å². The van der Waals surface area contributed by atoms with Crippen LogP contribution in [-0.2, 0) is 15.7 Å². The molecule has 3 aromatic carbocycles. The molecule has 0 spiro atoms. The maximum absolute atomic E-state index is 14.9. The van der Waals surface area contributed by atoms with E-state index in [1.807, 2.05) is 0 Å². The van der Waals surface area contributed by atoms with E-state index in [9.17, 15) is 27.5 Å². The van der Waals surface area contributed by atoms with Gasteiger partial charge in [-0.15, -0.1) is 0 Å². The lowest BCUT2D eigenvalue weighted by atomic mass is 9.91. The molecule has 0 bridgehead atoms. The van der Waals surface area contributed by atoms with Crippen molar-refractivity contribution in [1.82, 2.24) is 4.98 Å². The Morgan fingerprint density at radius 3 is 2.30 bits per heavy atom. The number of phenols is 1. The Bertz CT molecular complexity index is 1430. The lowest BCUT2D eigenvalue weighted by Gasteiger charge is -2.16. The number of phenolic OH excluding ortho intramolecular Hbond substituents is 1. The zero-order valence-corrected chi connectivity index (χ0v) is 19.7. The summed E-state index contributed by atoms with van der Waals surface area (Å²) in [5, 5.41) is 10.1. The number of fused-ring (bicyclic) bond motifs is 1. The summed E-state index contributed by atoms with van der Waals surface area (Å²) < 4.78 is 69.8. The van der Waals surface area contributed by atoms with Gasteiger partial charge in [0.15, 0.2) is 12.1 Å². The predicted molar refractivity (Wildman–Crippen MR) is 127 cm³/mol. The van der Waals surface area contributed by atoms with Gasteiger partial charge in [-0.05, 0) is 48.5 Å². The standard InChI is InChI=1S/C27H21F4NO5/c1-35-24(36-2)14-37-18-7-3-15(4-8-18)26(34)25-20-10-6-17(33)12-23(20)32-13-21(25)19-9-5-16(11-22(19)28)27(29,30)31/h3-13,24,33H,14H2,1-2H3. The van der Waals surface area contributed by atoms with Crippen molar-refractivity contribution in [2.45, 2.75) is 12.5 Å². The summed E-state index contributed by atoms with van der Waals surface area (Å²) in [7, 11) is 2.93. The summed E-state index contributed by atoms with van der Waals surface area (Å²) in [5.74, 6) is -1.34. The number of ether oxygens (including phenoxy) is 3. The van der Waals surface area contributed by atoms with E-state index in [4.69, 9.17) is 14.2 Å². The van der Waals surface area contributed by atoms with E-state index in [1.165, 1.54) is 50.7 Å². The number of hydrogen-bond acceptors (Lipinski definition) is 6. The van der Waals surface area contributed by atoms with Gasteiger partial charge < -0.3 is 19.3 Å². The van der Waals surface area contributed by atoms with Gasteiger partial charge in [-0.3, -0.25) is 9.78 Å². The van der Waals surface area contributed by atoms with Gasteiger partial charge in [0, 0.05) is 54.1 Å². The van der Waals surface area contributed by atoms with Crippen LogP contribution in [0.2, 0.25) is 0 Å². The second-order valence-electron chi connectivity index (χ2n) is 8.01. The Kier molecular flexibility index (Phi) is 7.42. The number of aromatic hydroxyl groups is 1. The van der Waals surface area contributed by atoms with Gasteiger partial charge in [0.1, 0.15) is 23.9 Å². The fraction of sp³-hybridized carbons (Fsp3) is 0.185. The Balaban J connectivity index is 1.78. The van der Waals surface area contributed by atoms with Gasteiger partial charge in [0.25, 0.3) is 0 Å². The summed E-state index contributed by atoms with van der Waals surface area (Å²) in [6.07, 6.45) is -4.11. The lowest BCUT2D eigenvalue weighted by molar-refractivity contribution is -0.137. The Morgan fingerprint density at radius 1 is 0.973 bits per heavy atom. The maximum Gasteiger partial charge on any atom is 0.416 e. The first-order chi connectivity index (χ1) is 17.6. The normalized spacial score (nSPS) is 11.8. The van der Waals surface area contributed by atoms with E-state index < -0.39 is 29.6 Å². The van der Waals surface area contributed by atoms with Crippen LogP contribution in [0.25, 0.3) is 22.0 Å². The number of methoxy groups -OCH3 is 2. The van der Waals surface area contributed by atoms with Crippen molar-refractivity contribution in [3.63, 3.8) is 0 Å². The number of hydrogen-bond donors (Lipinski definition) is 1. The van der Waals surface area contributed by atoms with Gasteiger partial charge in [-0.25, -0.2) is 4.39 Å². The number of alkyl halides is 3. The van der Waals surface area contributed by atoms with Crippen molar-refractivity contribution < 1.29 is 41.7 Å². The van der Waals surface area contributed by atoms with E-state index in [0.717, 1.165) is 12.1 Å². The number of benzene rings is 3. The minimum Gasteiger partial charge on any atom is -0.508 e. The molecule has 1 aromatic heterocycles. The Labute approximate surface area is 209 Å². The van der Waals surface area contributed by atoms with Crippen molar-refractivity contribution >= 4 is 16.7 Å². The van der Waals surface area contributed by atoms with Crippen LogP contribution in [0.4, 0.5) is 17.6 Å². The van der Waals surface area contributed by atoms with Crippen LogP contribution in [0, 0.1) is 5.82 Å². The highest BCUT2D eigenvalue weighted by atomic mass is 19.4. The smallest absolute Gasteiger partial charge is 0.416 e. The number of rotatable bonds is 8. The average molecular weight is 515 g/mol.